The van der Waals surface area contributed by atoms with Crippen LogP contribution in [0.25, 0.3) is 0 Å². The zero-order valence-electron chi connectivity index (χ0n) is 12.7. The summed E-state index contributed by atoms with van der Waals surface area (Å²) in [5, 5.41) is 3.96. The fourth-order valence-corrected chi connectivity index (χ4v) is 2.40. The highest BCUT2D eigenvalue weighted by atomic mass is 127. The molecule has 0 saturated heterocycles. The Morgan fingerprint density at radius 3 is 2.48 bits per heavy atom. The number of hydrogen-bond donors (Lipinski definition) is 2. The van der Waals surface area contributed by atoms with Gasteiger partial charge in [0.1, 0.15) is 0 Å². The van der Waals surface area contributed by atoms with Gasteiger partial charge in [0, 0.05) is 17.0 Å². The molecule has 0 atom stereocenters. The molecule has 0 amide bonds. The third-order valence-corrected chi connectivity index (χ3v) is 4.14. The Morgan fingerprint density at radius 1 is 1.33 bits per heavy atom. The third-order valence-electron chi connectivity index (χ3n) is 3.89. The second-order valence-electron chi connectivity index (χ2n) is 6.10. The van der Waals surface area contributed by atoms with Crippen molar-refractivity contribution in [3.8, 4) is 0 Å². The van der Waals surface area contributed by atoms with Gasteiger partial charge >= 0.3 is 0 Å². The molecule has 0 radical (unpaired) electrons. The molecule has 0 unspecified atom stereocenters. The highest BCUT2D eigenvalue weighted by Gasteiger charge is 2.44. The monoisotopic (exact) mass is 421 g/mol. The van der Waals surface area contributed by atoms with Gasteiger partial charge in [0.2, 0.25) is 0 Å². The van der Waals surface area contributed by atoms with Gasteiger partial charge in [-0.3, -0.25) is 4.99 Å². The molecule has 0 aliphatic heterocycles. The van der Waals surface area contributed by atoms with Gasteiger partial charge in [-0.25, -0.2) is 0 Å². The highest BCUT2D eigenvalue weighted by Crippen LogP contribution is 2.48. The van der Waals surface area contributed by atoms with E-state index in [9.17, 15) is 0 Å². The average molecular weight is 422 g/mol. The summed E-state index contributed by atoms with van der Waals surface area (Å²) >= 11 is 5.93. The standard InChI is InChI=1S/C16H24ClN3.HI/c1-12(2)7-10-19-15(18)20-11-16(8-9-16)13-3-5-14(17)6-4-13;/h3-6,12H,7-11H2,1-2H3,(H3,18,19,20);1H. The second kappa shape index (κ2) is 8.22. The van der Waals surface area contributed by atoms with E-state index in [1.807, 2.05) is 12.1 Å². The van der Waals surface area contributed by atoms with Crippen molar-refractivity contribution in [2.45, 2.75) is 38.5 Å². The van der Waals surface area contributed by atoms with Crippen molar-refractivity contribution in [3.05, 3.63) is 34.9 Å². The van der Waals surface area contributed by atoms with Gasteiger partial charge in [-0.1, -0.05) is 37.6 Å². The number of halogens is 2. The SMILES string of the molecule is CC(C)CCNC(N)=NCC1(c2ccc(Cl)cc2)CC1.I. The lowest BCUT2D eigenvalue weighted by Gasteiger charge is -2.14. The highest BCUT2D eigenvalue weighted by molar-refractivity contribution is 14.0. The summed E-state index contributed by atoms with van der Waals surface area (Å²) in [6.45, 7) is 6.06. The minimum absolute atomic E-state index is 0. The minimum atomic E-state index is 0. The molecule has 1 aliphatic carbocycles. The van der Waals surface area contributed by atoms with Crippen LogP contribution in [0.15, 0.2) is 29.3 Å². The molecule has 3 N–H and O–H groups in total. The second-order valence-corrected chi connectivity index (χ2v) is 6.53. The summed E-state index contributed by atoms with van der Waals surface area (Å²) in [7, 11) is 0. The van der Waals surface area contributed by atoms with Crippen LogP contribution in [0.3, 0.4) is 0 Å². The number of nitrogens with one attached hydrogen (secondary N) is 1. The molecule has 5 heteroatoms. The van der Waals surface area contributed by atoms with Crippen LogP contribution in [0.4, 0.5) is 0 Å². The van der Waals surface area contributed by atoms with Crippen molar-refractivity contribution < 1.29 is 0 Å². The maximum atomic E-state index is 5.93. The van der Waals surface area contributed by atoms with Crippen molar-refractivity contribution in [1.29, 1.82) is 0 Å². The lowest BCUT2D eigenvalue weighted by molar-refractivity contribution is 0.576. The minimum Gasteiger partial charge on any atom is -0.370 e. The zero-order valence-corrected chi connectivity index (χ0v) is 15.8. The van der Waals surface area contributed by atoms with Crippen LogP contribution in [0.2, 0.25) is 5.02 Å². The van der Waals surface area contributed by atoms with Crippen LogP contribution in [0.5, 0.6) is 0 Å². The third kappa shape index (κ3) is 5.66. The first-order chi connectivity index (χ1) is 9.52. The van der Waals surface area contributed by atoms with Gasteiger partial charge in [0.25, 0.3) is 0 Å². The summed E-state index contributed by atoms with van der Waals surface area (Å²) in [6.07, 6.45) is 3.47. The van der Waals surface area contributed by atoms with E-state index in [2.05, 4.69) is 36.3 Å². The van der Waals surface area contributed by atoms with Gasteiger partial charge < -0.3 is 11.1 Å². The van der Waals surface area contributed by atoms with Crippen molar-refractivity contribution >= 4 is 41.5 Å². The number of guanidine groups is 1. The number of hydrogen-bond acceptors (Lipinski definition) is 1. The summed E-state index contributed by atoms with van der Waals surface area (Å²) < 4.78 is 0. The van der Waals surface area contributed by atoms with E-state index in [0.717, 1.165) is 24.5 Å². The zero-order chi connectivity index (χ0) is 14.6. The molecule has 0 aromatic heterocycles. The Bertz CT molecular complexity index is 467. The van der Waals surface area contributed by atoms with E-state index in [0.29, 0.717) is 11.9 Å². The maximum Gasteiger partial charge on any atom is 0.188 e. The van der Waals surface area contributed by atoms with Crippen LogP contribution in [0.1, 0.15) is 38.7 Å². The Balaban J connectivity index is 0.00000220. The number of rotatable bonds is 6. The number of nitrogens with zero attached hydrogens (tertiary/aromatic N) is 1. The molecular formula is C16H25ClIN3. The molecule has 1 aromatic carbocycles. The summed E-state index contributed by atoms with van der Waals surface area (Å²) in [5.74, 6) is 1.24. The van der Waals surface area contributed by atoms with Gasteiger partial charge in [-0.15, -0.1) is 24.0 Å². The molecule has 1 aliphatic rings. The molecule has 2 rings (SSSR count). The predicted molar refractivity (Wildman–Crippen MR) is 102 cm³/mol. The van der Waals surface area contributed by atoms with Crippen LogP contribution >= 0.6 is 35.6 Å². The number of aliphatic imine (C=N–C) groups is 1. The lowest BCUT2D eigenvalue weighted by Crippen LogP contribution is -2.33. The van der Waals surface area contributed by atoms with E-state index in [-0.39, 0.29) is 29.4 Å². The van der Waals surface area contributed by atoms with Gasteiger partial charge in [-0.05, 0) is 42.9 Å². The topological polar surface area (TPSA) is 50.4 Å². The number of nitrogens with two attached hydrogens (primary N) is 1. The van der Waals surface area contributed by atoms with Crippen LogP contribution < -0.4 is 11.1 Å². The first kappa shape index (κ1) is 18.6. The van der Waals surface area contributed by atoms with Crippen molar-refractivity contribution in [3.63, 3.8) is 0 Å². The number of benzene rings is 1. The Morgan fingerprint density at radius 2 is 1.95 bits per heavy atom. The largest absolute Gasteiger partial charge is 0.370 e. The molecule has 21 heavy (non-hydrogen) atoms. The summed E-state index contributed by atoms with van der Waals surface area (Å²) in [4.78, 5) is 4.50. The van der Waals surface area contributed by atoms with Gasteiger partial charge in [0.15, 0.2) is 5.96 Å². The molecule has 118 valence electrons. The van der Waals surface area contributed by atoms with Gasteiger partial charge in [-0.2, -0.15) is 0 Å². The van der Waals surface area contributed by atoms with Crippen molar-refractivity contribution in [1.82, 2.24) is 5.32 Å². The molecule has 0 heterocycles. The molecule has 1 aromatic rings. The van der Waals surface area contributed by atoms with E-state index in [1.165, 1.54) is 18.4 Å². The van der Waals surface area contributed by atoms with E-state index in [4.69, 9.17) is 17.3 Å². The smallest absolute Gasteiger partial charge is 0.188 e. The quantitative estimate of drug-likeness (QED) is 0.415. The maximum absolute atomic E-state index is 5.93. The van der Waals surface area contributed by atoms with Crippen LogP contribution in [0, 0.1) is 5.92 Å². The fourth-order valence-electron chi connectivity index (χ4n) is 2.27. The average Bonchev–Trinajstić information content (AvgIpc) is 3.18. The molecule has 3 nitrogen and oxygen atoms in total. The van der Waals surface area contributed by atoms with Crippen LogP contribution in [-0.2, 0) is 5.41 Å². The van der Waals surface area contributed by atoms with Crippen molar-refractivity contribution in [2.75, 3.05) is 13.1 Å². The molecule has 1 fully saturated rings. The van der Waals surface area contributed by atoms with E-state index in [1.54, 1.807) is 0 Å². The van der Waals surface area contributed by atoms with E-state index < -0.39 is 0 Å². The van der Waals surface area contributed by atoms with Gasteiger partial charge in [0.05, 0.1) is 6.54 Å². The van der Waals surface area contributed by atoms with Crippen LogP contribution in [-0.4, -0.2) is 19.0 Å². The predicted octanol–water partition coefficient (Wildman–Crippen LogP) is 3.94. The first-order valence-corrected chi connectivity index (χ1v) is 7.69. The fraction of sp³-hybridized carbons (Fsp3) is 0.562. The Labute approximate surface area is 149 Å². The molecular weight excluding hydrogens is 397 g/mol. The summed E-state index contributed by atoms with van der Waals surface area (Å²) in [6, 6.07) is 8.11. The van der Waals surface area contributed by atoms with E-state index >= 15 is 0 Å². The first-order valence-electron chi connectivity index (χ1n) is 7.32. The normalized spacial score (nSPS) is 16.5. The van der Waals surface area contributed by atoms with Crippen molar-refractivity contribution in [2.24, 2.45) is 16.6 Å². The Hall–Kier alpha value is -0.490. The molecule has 0 spiro atoms. The summed E-state index contributed by atoms with van der Waals surface area (Å²) in [5.41, 5.74) is 7.42. The Kier molecular flexibility index (Phi) is 7.27. The lowest BCUT2D eigenvalue weighted by atomic mass is 9.96. The molecule has 1 saturated carbocycles. The molecule has 0 bridgehead atoms.